The molecule has 0 aliphatic heterocycles. The SMILES string of the molecule is N=[C-]N.[Y+3]. The number of hydrogen-bond acceptors (Lipinski definition) is 1. The molecule has 0 aromatic carbocycles. The molecule has 0 saturated heterocycles. The molecule has 0 aliphatic rings. The van der Waals surface area contributed by atoms with Crippen molar-refractivity contribution < 1.29 is 32.7 Å². The van der Waals surface area contributed by atoms with Crippen LogP contribution in [0.1, 0.15) is 0 Å². The number of nitrogens with one attached hydrogen (secondary N) is 1. The summed E-state index contributed by atoms with van der Waals surface area (Å²) in [5, 5.41) is 5.74. The summed E-state index contributed by atoms with van der Waals surface area (Å²) >= 11 is 0. The maximum Gasteiger partial charge on any atom is 3.00 e. The average Bonchev–Trinajstić information content (AvgIpc) is 0.918. The first-order valence-corrected chi connectivity index (χ1v) is 0.539. The summed E-state index contributed by atoms with van der Waals surface area (Å²) in [5.41, 5.74) is 4.26. The molecule has 3 heteroatoms. The van der Waals surface area contributed by atoms with E-state index in [0.29, 0.717) is 0 Å². The van der Waals surface area contributed by atoms with Gasteiger partial charge in [-0.15, -0.1) is 0 Å². The van der Waals surface area contributed by atoms with E-state index in [4.69, 9.17) is 5.41 Å². The molecule has 0 unspecified atom stereocenters. The van der Waals surface area contributed by atoms with Crippen molar-refractivity contribution in [2.45, 2.75) is 0 Å². The van der Waals surface area contributed by atoms with Crippen LogP contribution in [0.25, 0.3) is 0 Å². The van der Waals surface area contributed by atoms with Gasteiger partial charge in [-0.05, 0) is 0 Å². The molecule has 0 spiro atoms. The van der Waals surface area contributed by atoms with E-state index in [1.54, 1.807) is 0 Å². The van der Waals surface area contributed by atoms with E-state index in [9.17, 15) is 0 Å². The zero-order chi connectivity index (χ0) is 2.71. The summed E-state index contributed by atoms with van der Waals surface area (Å²) in [6, 6.07) is 0. The molecule has 0 amide bonds. The standard InChI is InChI=1S/CH3N2.Y/c2-1-3;/h(H3,2,3);/q-1;+3. The Kier molecular flexibility index (Phi) is 21.1. The minimum Gasteiger partial charge on any atom is -0.563 e. The van der Waals surface area contributed by atoms with Crippen molar-refractivity contribution in [2.75, 3.05) is 0 Å². The van der Waals surface area contributed by atoms with Gasteiger partial charge in [0.25, 0.3) is 0 Å². The predicted octanol–water partition coefficient (Wildman–Crippen LogP) is -0.573. The summed E-state index contributed by atoms with van der Waals surface area (Å²) in [6.07, 6.45) is 1.50. The second-order valence-corrected chi connectivity index (χ2v) is 0.144. The van der Waals surface area contributed by atoms with Gasteiger partial charge >= 0.3 is 32.7 Å². The quantitative estimate of drug-likeness (QED) is 0.197. The molecular weight excluding hydrogens is 129 g/mol. The Morgan fingerprint density at radius 1 is 1.75 bits per heavy atom. The predicted molar refractivity (Wildman–Crippen MR) is 11.9 cm³/mol. The van der Waals surface area contributed by atoms with E-state index in [1.807, 2.05) is 0 Å². The first-order chi connectivity index (χ1) is 1.41. The largest absolute Gasteiger partial charge is 3.00 e. The van der Waals surface area contributed by atoms with Crippen LogP contribution < -0.4 is 5.73 Å². The van der Waals surface area contributed by atoms with Crippen molar-refractivity contribution in [3.05, 3.63) is 0 Å². The molecule has 0 radical (unpaired) electrons. The molecule has 0 aromatic heterocycles. The Bertz CT molecular complexity index is 13.5. The monoisotopic (exact) mass is 132 g/mol. The molecule has 0 aromatic rings. The van der Waals surface area contributed by atoms with Crippen LogP contribution in [0, 0.1) is 5.41 Å². The molecule has 0 fully saturated rings. The fourth-order valence-electron chi connectivity index (χ4n) is 0. The number of rotatable bonds is 0. The third-order valence-electron chi connectivity index (χ3n) is 0. The molecule has 2 nitrogen and oxygen atoms in total. The van der Waals surface area contributed by atoms with E-state index in [0.717, 1.165) is 0 Å². The van der Waals surface area contributed by atoms with Gasteiger partial charge in [0, 0.05) is 0 Å². The van der Waals surface area contributed by atoms with E-state index in [2.05, 4.69) is 5.73 Å². The third-order valence-corrected chi connectivity index (χ3v) is 0. The van der Waals surface area contributed by atoms with Crippen molar-refractivity contribution in [1.29, 1.82) is 5.41 Å². The molecule has 0 aliphatic carbocycles. The van der Waals surface area contributed by atoms with Gasteiger partial charge in [0.15, 0.2) is 0 Å². The smallest absolute Gasteiger partial charge is 0.563 e. The van der Waals surface area contributed by atoms with Gasteiger partial charge in [0.1, 0.15) is 0 Å². The second kappa shape index (κ2) is 9.56. The molecule has 0 heterocycles. The van der Waals surface area contributed by atoms with Crippen LogP contribution in [-0.2, 0) is 32.7 Å². The van der Waals surface area contributed by atoms with Crippen molar-refractivity contribution in [3.8, 4) is 0 Å². The van der Waals surface area contributed by atoms with Gasteiger partial charge in [0.2, 0.25) is 0 Å². The van der Waals surface area contributed by atoms with Crippen LogP contribution in [0.5, 0.6) is 0 Å². The van der Waals surface area contributed by atoms with E-state index in [-0.39, 0.29) is 32.7 Å². The molecule has 0 atom stereocenters. The first-order valence-electron chi connectivity index (χ1n) is 0.539. The van der Waals surface area contributed by atoms with Crippen LogP contribution in [-0.4, -0.2) is 6.34 Å². The Morgan fingerprint density at radius 2 is 1.75 bits per heavy atom. The van der Waals surface area contributed by atoms with Crippen molar-refractivity contribution in [1.82, 2.24) is 0 Å². The van der Waals surface area contributed by atoms with E-state index < -0.39 is 0 Å². The van der Waals surface area contributed by atoms with Gasteiger partial charge < -0.3 is 17.5 Å². The third kappa shape index (κ3) is 19.4. The summed E-state index contributed by atoms with van der Waals surface area (Å²) in [5.74, 6) is 0. The minimum atomic E-state index is 0. The second-order valence-electron chi connectivity index (χ2n) is 0.144. The fraction of sp³-hybridized carbons (Fsp3) is 0. The minimum absolute atomic E-state index is 0. The molecule has 18 valence electrons. The van der Waals surface area contributed by atoms with Gasteiger partial charge in [0.05, 0.1) is 0 Å². The molecule has 4 heavy (non-hydrogen) atoms. The van der Waals surface area contributed by atoms with Crippen LogP contribution in [0.15, 0.2) is 0 Å². The molecule has 0 rings (SSSR count). The molecule has 0 saturated carbocycles. The van der Waals surface area contributed by atoms with Gasteiger partial charge in [-0.25, -0.2) is 0 Å². The molecular formula is CH3N2Y+2. The number of nitrogens with two attached hydrogens (primary N) is 1. The normalized spacial score (nSPS) is 3.00. The molecule has 3 N–H and O–H groups in total. The van der Waals surface area contributed by atoms with E-state index in [1.165, 1.54) is 6.34 Å². The van der Waals surface area contributed by atoms with Gasteiger partial charge in [-0.3, -0.25) is 0 Å². The zero-order valence-corrected chi connectivity index (χ0v) is 4.99. The van der Waals surface area contributed by atoms with Gasteiger partial charge in [-0.1, -0.05) is 0 Å². The number of hydrogen-bond donors (Lipinski definition) is 2. The molecule has 0 bridgehead atoms. The Balaban J connectivity index is 0. The maximum atomic E-state index is 5.74. The fourth-order valence-corrected chi connectivity index (χ4v) is 0. The summed E-state index contributed by atoms with van der Waals surface area (Å²) < 4.78 is 0. The van der Waals surface area contributed by atoms with E-state index >= 15 is 0 Å². The Hall–Kier alpha value is 0.574. The van der Waals surface area contributed by atoms with Crippen molar-refractivity contribution in [3.63, 3.8) is 0 Å². The van der Waals surface area contributed by atoms with Crippen LogP contribution in [0.3, 0.4) is 0 Å². The van der Waals surface area contributed by atoms with Crippen LogP contribution >= 0.6 is 0 Å². The van der Waals surface area contributed by atoms with Gasteiger partial charge in [-0.2, -0.15) is 0 Å². The van der Waals surface area contributed by atoms with Crippen molar-refractivity contribution >= 4 is 6.34 Å². The summed E-state index contributed by atoms with van der Waals surface area (Å²) in [4.78, 5) is 0. The van der Waals surface area contributed by atoms with Crippen molar-refractivity contribution in [2.24, 2.45) is 5.73 Å². The zero-order valence-electron chi connectivity index (χ0n) is 2.15. The summed E-state index contributed by atoms with van der Waals surface area (Å²) in [6.45, 7) is 0. The summed E-state index contributed by atoms with van der Waals surface area (Å²) in [7, 11) is 0. The Labute approximate surface area is 50.1 Å². The van der Waals surface area contributed by atoms with Crippen LogP contribution in [0.2, 0.25) is 0 Å². The first kappa shape index (κ1) is 8.82. The Morgan fingerprint density at radius 3 is 1.75 bits per heavy atom. The topological polar surface area (TPSA) is 49.9 Å². The average molecular weight is 132 g/mol. The van der Waals surface area contributed by atoms with Crippen LogP contribution in [0.4, 0.5) is 0 Å². The maximum absolute atomic E-state index is 5.74.